The van der Waals surface area contributed by atoms with Crippen molar-refractivity contribution in [3.8, 4) is 0 Å². The second-order valence-corrected chi connectivity index (χ2v) is 4.09. The molecule has 4 nitrogen and oxygen atoms in total. The van der Waals surface area contributed by atoms with Gasteiger partial charge >= 0.3 is 0 Å². The third-order valence-corrected chi connectivity index (χ3v) is 2.80. The molecule has 82 valence electrons. The van der Waals surface area contributed by atoms with E-state index in [-0.39, 0.29) is 5.91 Å². The highest BCUT2D eigenvalue weighted by Gasteiger charge is 2.08. The predicted molar refractivity (Wildman–Crippen MR) is 63.9 cm³/mol. The second-order valence-electron chi connectivity index (χ2n) is 3.24. The highest BCUT2D eigenvalue weighted by molar-refractivity contribution is 9.10. The van der Waals surface area contributed by atoms with Crippen molar-refractivity contribution in [2.75, 3.05) is 0 Å². The lowest BCUT2D eigenvalue weighted by Crippen LogP contribution is -2.23. The number of halogens is 1. The Labute approximate surface area is 101 Å². The Morgan fingerprint density at radius 3 is 2.94 bits per heavy atom. The summed E-state index contributed by atoms with van der Waals surface area (Å²) in [6, 6.07) is 7.31. The van der Waals surface area contributed by atoms with Gasteiger partial charge in [-0.25, -0.2) is 4.98 Å². The van der Waals surface area contributed by atoms with Gasteiger partial charge in [0.2, 0.25) is 0 Å². The third kappa shape index (κ3) is 2.49. The van der Waals surface area contributed by atoms with Crippen molar-refractivity contribution in [3.63, 3.8) is 0 Å². The number of imidazole rings is 1. The monoisotopic (exact) mass is 279 g/mol. The van der Waals surface area contributed by atoms with E-state index >= 15 is 0 Å². The minimum Gasteiger partial charge on any atom is -0.347 e. The number of hydrogen-bond donors (Lipinski definition) is 2. The quantitative estimate of drug-likeness (QED) is 0.904. The van der Waals surface area contributed by atoms with Crippen LogP contribution in [-0.2, 0) is 6.54 Å². The van der Waals surface area contributed by atoms with E-state index in [1.54, 1.807) is 18.6 Å². The van der Waals surface area contributed by atoms with E-state index in [4.69, 9.17) is 0 Å². The lowest BCUT2D eigenvalue weighted by molar-refractivity contribution is 0.0949. The number of nitrogens with one attached hydrogen (secondary N) is 2. The summed E-state index contributed by atoms with van der Waals surface area (Å²) in [5, 5.41) is 2.80. The molecule has 0 aliphatic carbocycles. The van der Waals surface area contributed by atoms with E-state index in [1.165, 1.54) is 0 Å². The van der Waals surface area contributed by atoms with Crippen molar-refractivity contribution in [1.82, 2.24) is 15.3 Å². The number of rotatable bonds is 3. The number of amides is 1. The molecule has 16 heavy (non-hydrogen) atoms. The molecule has 0 saturated carbocycles. The van der Waals surface area contributed by atoms with E-state index in [0.717, 1.165) is 10.2 Å². The summed E-state index contributed by atoms with van der Waals surface area (Å²) < 4.78 is 0.789. The molecule has 2 N–H and O–H groups in total. The van der Waals surface area contributed by atoms with Gasteiger partial charge in [-0.05, 0) is 28.1 Å². The van der Waals surface area contributed by atoms with Gasteiger partial charge in [0.1, 0.15) is 0 Å². The summed E-state index contributed by atoms with van der Waals surface area (Å²) in [7, 11) is 0. The molecule has 5 heteroatoms. The zero-order chi connectivity index (χ0) is 11.4. The van der Waals surface area contributed by atoms with Crippen LogP contribution >= 0.6 is 15.9 Å². The molecule has 0 atom stereocenters. The van der Waals surface area contributed by atoms with Crippen LogP contribution in [0.1, 0.15) is 16.1 Å². The minimum atomic E-state index is -0.109. The molecule has 0 aliphatic heterocycles. The first-order valence-corrected chi connectivity index (χ1v) is 5.56. The Kier molecular flexibility index (Phi) is 3.36. The fraction of sp³-hybridized carbons (Fsp3) is 0.0909. The number of aromatic amines is 1. The lowest BCUT2D eigenvalue weighted by Gasteiger charge is -2.05. The fourth-order valence-corrected chi connectivity index (χ4v) is 1.76. The van der Waals surface area contributed by atoms with Crippen LogP contribution in [0.3, 0.4) is 0 Å². The van der Waals surface area contributed by atoms with Crippen molar-refractivity contribution in [2.24, 2.45) is 0 Å². The van der Waals surface area contributed by atoms with Crippen LogP contribution in [0.25, 0.3) is 0 Å². The summed E-state index contributed by atoms with van der Waals surface area (Å²) in [6.45, 7) is 0.445. The summed E-state index contributed by atoms with van der Waals surface area (Å²) in [4.78, 5) is 18.6. The number of hydrogen-bond acceptors (Lipinski definition) is 2. The van der Waals surface area contributed by atoms with E-state index < -0.39 is 0 Å². The molecule has 0 saturated heterocycles. The Morgan fingerprint density at radius 1 is 1.44 bits per heavy atom. The highest BCUT2D eigenvalue weighted by Crippen LogP contribution is 2.15. The van der Waals surface area contributed by atoms with Crippen LogP contribution in [0, 0.1) is 0 Å². The number of carbonyl (C=O) groups excluding carboxylic acids is 1. The van der Waals surface area contributed by atoms with Crippen molar-refractivity contribution in [1.29, 1.82) is 0 Å². The number of carbonyl (C=O) groups is 1. The molecule has 1 aromatic carbocycles. The maximum absolute atomic E-state index is 11.8. The number of benzene rings is 1. The molecule has 0 fully saturated rings. The molecule has 0 aliphatic rings. The summed E-state index contributed by atoms with van der Waals surface area (Å²) >= 11 is 3.33. The minimum absolute atomic E-state index is 0.109. The van der Waals surface area contributed by atoms with E-state index in [0.29, 0.717) is 12.1 Å². The van der Waals surface area contributed by atoms with Gasteiger partial charge in [-0.2, -0.15) is 0 Å². The average molecular weight is 280 g/mol. The maximum Gasteiger partial charge on any atom is 0.252 e. The second kappa shape index (κ2) is 4.94. The Hall–Kier alpha value is -1.62. The van der Waals surface area contributed by atoms with Gasteiger partial charge < -0.3 is 10.3 Å². The van der Waals surface area contributed by atoms with Gasteiger partial charge in [0, 0.05) is 10.7 Å². The molecule has 2 rings (SSSR count). The van der Waals surface area contributed by atoms with Crippen molar-refractivity contribution in [3.05, 3.63) is 52.5 Å². The van der Waals surface area contributed by atoms with Crippen LogP contribution in [0.4, 0.5) is 0 Å². The number of nitrogens with zero attached hydrogens (tertiary/aromatic N) is 1. The smallest absolute Gasteiger partial charge is 0.252 e. The summed E-state index contributed by atoms with van der Waals surface area (Å²) in [6.07, 6.45) is 3.26. The molecule has 0 radical (unpaired) electrons. The standard InChI is InChI=1S/C11H10BrN3O/c12-10-4-2-1-3-9(10)11(16)14-6-8-5-13-7-15-8/h1-5,7H,6H2,(H,13,15)(H,14,16). The Morgan fingerprint density at radius 2 is 2.25 bits per heavy atom. The summed E-state index contributed by atoms with van der Waals surface area (Å²) in [5.74, 6) is -0.109. The van der Waals surface area contributed by atoms with Crippen molar-refractivity contribution < 1.29 is 4.79 Å². The zero-order valence-electron chi connectivity index (χ0n) is 8.40. The molecular formula is C11H10BrN3O. The molecular weight excluding hydrogens is 270 g/mol. The normalized spacial score (nSPS) is 10.1. The van der Waals surface area contributed by atoms with Gasteiger partial charge in [-0.1, -0.05) is 12.1 Å². The summed E-state index contributed by atoms with van der Waals surface area (Å²) in [5.41, 5.74) is 1.50. The zero-order valence-corrected chi connectivity index (χ0v) is 9.99. The van der Waals surface area contributed by atoms with Gasteiger partial charge in [0.05, 0.1) is 24.1 Å². The maximum atomic E-state index is 11.8. The average Bonchev–Trinajstić information content (AvgIpc) is 2.79. The molecule has 1 aromatic heterocycles. The van der Waals surface area contributed by atoms with Gasteiger partial charge in [-0.3, -0.25) is 4.79 Å². The highest BCUT2D eigenvalue weighted by atomic mass is 79.9. The van der Waals surface area contributed by atoms with E-state index in [1.807, 2.05) is 18.2 Å². The predicted octanol–water partition coefficient (Wildman–Crippen LogP) is 2.10. The lowest BCUT2D eigenvalue weighted by atomic mass is 10.2. The largest absolute Gasteiger partial charge is 0.347 e. The number of aromatic nitrogens is 2. The first-order chi connectivity index (χ1) is 7.77. The van der Waals surface area contributed by atoms with Gasteiger partial charge in [0.15, 0.2) is 0 Å². The van der Waals surface area contributed by atoms with Crippen LogP contribution in [0.5, 0.6) is 0 Å². The van der Waals surface area contributed by atoms with E-state index in [9.17, 15) is 4.79 Å². The molecule has 2 aromatic rings. The van der Waals surface area contributed by atoms with Gasteiger partial charge in [-0.15, -0.1) is 0 Å². The van der Waals surface area contributed by atoms with Crippen molar-refractivity contribution in [2.45, 2.75) is 6.54 Å². The van der Waals surface area contributed by atoms with Gasteiger partial charge in [0.25, 0.3) is 5.91 Å². The molecule has 1 amide bonds. The topological polar surface area (TPSA) is 57.8 Å². The molecule has 1 heterocycles. The van der Waals surface area contributed by atoms with Crippen LogP contribution < -0.4 is 5.32 Å². The van der Waals surface area contributed by atoms with Crippen LogP contribution in [-0.4, -0.2) is 15.9 Å². The first-order valence-electron chi connectivity index (χ1n) is 4.77. The van der Waals surface area contributed by atoms with E-state index in [2.05, 4.69) is 31.2 Å². The first kappa shape index (κ1) is 10.9. The third-order valence-electron chi connectivity index (χ3n) is 2.11. The molecule has 0 spiro atoms. The SMILES string of the molecule is O=C(NCc1cnc[nH]1)c1ccccc1Br. The molecule has 0 unspecified atom stereocenters. The Balaban J connectivity index is 2.01. The fourth-order valence-electron chi connectivity index (χ4n) is 1.30. The van der Waals surface area contributed by atoms with Crippen LogP contribution in [0.2, 0.25) is 0 Å². The van der Waals surface area contributed by atoms with Crippen LogP contribution in [0.15, 0.2) is 41.3 Å². The van der Waals surface area contributed by atoms with Crippen molar-refractivity contribution >= 4 is 21.8 Å². The molecule has 0 bridgehead atoms. The number of H-pyrrole nitrogens is 1. The Bertz CT molecular complexity index is 482.